The van der Waals surface area contributed by atoms with Gasteiger partial charge in [-0.25, -0.2) is 13.1 Å². The normalized spacial score (nSPS) is 13.5. The van der Waals surface area contributed by atoms with Crippen molar-refractivity contribution < 1.29 is 8.42 Å². The number of nitrogens with zero attached hydrogens (tertiary/aromatic N) is 1. The summed E-state index contributed by atoms with van der Waals surface area (Å²) >= 11 is 4.82. The largest absolute Gasteiger partial charge is 0.388 e. The highest BCUT2D eigenvalue weighted by Gasteiger charge is 2.21. The summed E-state index contributed by atoms with van der Waals surface area (Å²) in [4.78, 5) is 3.92. The Morgan fingerprint density at radius 2 is 2.11 bits per heavy atom. The van der Waals surface area contributed by atoms with Crippen molar-refractivity contribution >= 4 is 27.2 Å². The first-order chi connectivity index (χ1) is 8.75. The third kappa shape index (κ3) is 4.22. The van der Waals surface area contributed by atoms with Gasteiger partial charge in [0.05, 0.1) is 0 Å². The van der Waals surface area contributed by atoms with Crippen molar-refractivity contribution in [3.05, 3.63) is 24.0 Å². The number of nitrogens with two attached hydrogens (primary N) is 1. The second kappa shape index (κ2) is 6.40. The van der Waals surface area contributed by atoms with E-state index in [2.05, 4.69) is 9.71 Å². The van der Waals surface area contributed by atoms with Crippen molar-refractivity contribution in [3.63, 3.8) is 0 Å². The highest BCUT2D eigenvalue weighted by atomic mass is 32.2. The molecule has 0 radical (unpaired) electrons. The zero-order chi connectivity index (χ0) is 14.6. The number of sulfonamides is 1. The zero-order valence-corrected chi connectivity index (χ0v) is 12.9. The summed E-state index contributed by atoms with van der Waals surface area (Å²) in [6.45, 7) is 6.45. The van der Waals surface area contributed by atoms with E-state index in [4.69, 9.17) is 18.0 Å². The molecule has 0 aromatic carbocycles. The van der Waals surface area contributed by atoms with E-state index in [-0.39, 0.29) is 21.5 Å². The number of aromatic nitrogens is 1. The Kier molecular flexibility index (Phi) is 5.39. The Bertz CT molecular complexity index is 556. The average Bonchev–Trinajstić information content (AvgIpc) is 2.35. The first-order valence-corrected chi connectivity index (χ1v) is 7.89. The van der Waals surface area contributed by atoms with Crippen LogP contribution in [0, 0.1) is 11.8 Å². The summed E-state index contributed by atoms with van der Waals surface area (Å²) in [5, 5.41) is 0. The smallest absolute Gasteiger partial charge is 0.242 e. The zero-order valence-electron chi connectivity index (χ0n) is 11.3. The third-order valence-electron chi connectivity index (χ3n) is 3.03. The van der Waals surface area contributed by atoms with Crippen LogP contribution in [0.3, 0.4) is 0 Å². The molecule has 0 amide bonds. The van der Waals surface area contributed by atoms with E-state index in [1.807, 2.05) is 20.8 Å². The van der Waals surface area contributed by atoms with E-state index >= 15 is 0 Å². The molecule has 1 aromatic rings. The lowest BCUT2D eigenvalue weighted by molar-refractivity contribution is 0.414. The lowest BCUT2D eigenvalue weighted by atomic mass is 9.99. The van der Waals surface area contributed by atoms with Gasteiger partial charge in [0.15, 0.2) is 0 Å². The number of nitrogens with one attached hydrogen (secondary N) is 1. The van der Waals surface area contributed by atoms with E-state index < -0.39 is 10.0 Å². The summed E-state index contributed by atoms with van der Waals surface area (Å²) in [7, 11) is -3.64. The maximum Gasteiger partial charge on any atom is 0.242 e. The van der Waals surface area contributed by atoms with Crippen LogP contribution in [-0.2, 0) is 10.0 Å². The molecule has 0 saturated carbocycles. The number of pyridine rings is 1. The Balaban J connectivity index is 2.98. The summed E-state index contributed by atoms with van der Waals surface area (Å²) in [5.74, 6) is 0.631. The second-order valence-corrected chi connectivity index (χ2v) is 6.96. The molecule has 106 valence electrons. The van der Waals surface area contributed by atoms with Crippen molar-refractivity contribution in [3.8, 4) is 0 Å². The Morgan fingerprint density at radius 1 is 1.47 bits per heavy atom. The van der Waals surface area contributed by atoms with Gasteiger partial charge in [-0.1, -0.05) is 33.0 Å². The van der Waals surface area contributed by atoms with Crippen molar-refractivity contribution in [2.45, 2.75) is 25.7 Å². The standard InChI is InChI=1S/C12H19N3O2S2/c1-8(2)9(3)7-15-19(16,17)10-5-4-6-14-11(10)12(13)18/h4-6,8-9,15H,7H2,1-3H3,(H2,13,18). The molecule has 3 N–H and O–H groups in total. The summed E-state index contributed by atoms with van der Waals surface area (Å²) < 4.78 is 27.0. The molecule has 0 fully saturated rings. The minimum absolute atomic E-state index is 0.0263. The molecule has 0 aliphatic rings. The van der Waals surface area contributed by atoms with Gasteiger partial charge in [-0.2, -0.15) is 0 Å². The Morgan fingerprint density at radius 3 is 2.63 bits per heavy atom. The van der Waals surface area contributed by atoms with Crippen LogP contribution >= 0.6 is 12.2 Å². The maximum atomic E-state index is 12.2. The van der Waals surface area contributed by atoms with E-state index in [1.165, 1.54) is 12.3 Å². The Labute approximate surface area is 119 Å². The highest BCUT2D eigenvalue weighted by molar-refractivity contribution is 7.89. The van der Waals surface area contributed by atoms with E-state index in [0.717, 1.165) is 0 Å². The molecule has 1 heterocycles. The fourth-order valence-corrected chi connectivity index (χ4v) is 2.89. The fraction of sp³-hybridized carbons (Fsp3) is 0.500. The van der Waals surface area contributed by atoms with Crippen LogP contribution in [-0.4, -0.2) is 24.9 Å². The van der Waals surface area contributed by atoms with Crippen LogP contribution in [0.2, 0.25) is 0 Å². The molecule has 0 aliphatic carbocycles. The molecule has 5 nitrogen and oxygen atoms in total. The van der Waals surface area contributed by atoms with Gasteiger partial charge < -0.3 is 5.73 Å². The molecule has 1 rings (SSSR count). The molecular weight excluding hydrogens is 282 g/mol. The molecule has 0 saturated heterocycles. The lowest BCUT2D eigenvalue weighted by Gasteiger charge is -2.16. The fourth-order valence-electron chi connectivity index (χ4n) is 1.35. The predicted octanol–water partition coefficient (Wildman–Crippen LogP) is 1.29. The van der Waals surface area contributed by atoms with Gasteiger partial charge in [0.2, 0.25) is 10.0 Å². The van der Waals surface area contributed by atoms with Crippen molar-refractivity contribution in [1.29, 1.82) is 0 Å². The number of hydrogen-bond acceptors (Lipinski definition) is 4. The van der Waals surface area contributed by atoms with Crippen molar-refractivity contribution in [2.24, 2.45) is 17.6 Å². The lowest BCUT2D eigenvalue weighted by Crippen LogP contribution is -2.32. The summed E-state index contributed by atoms with van der Waals surface area (Å²) in [5.41, 5.74) is 5.62. The van der Waals surface area contributed by atoms with Crippen LogP contribution in [0.25, 0.3) is 0 Å². The topological polar surface area (TPSA) is 85.1 Å². The second-order valence-electron chi connectivity index (χ2n) is 4.79. The van der Waals surface area contributed by atoms with Crippen LogP contribution in [0.4, 0.5) is 0 Å². The minimum atomic E-state index is -3.64. The molecule has 19 heavy (non-hydrogen) atoms. The molecule has 0 bridgehead atoms. The SMILES string of the molecule is CC(C)C(C)CNS(=O)(=O)c1cccnc1C(N)=S. The molecule has 0 spiro atoms. The average molecular weight is 301 g/mol. The van der Waals surface area contributed by atoms with Crippen molar-refractivity contribution in [2.75, 3.05) is 6.54 Å². The van der Waals surface area contributed by atoms with Gasteiger partial charge >= 0.3 is 0 Å². The van der Waals surface area contributed by atoms with Gasteiger partial charge in [0.25, 0.3) is 0 Å². The number of hydrogen-bond donors (Lipinski definition) is 2. The molecular formula is C12H19N3O2S2. The molecule has 0 aliphatic heterocycles. The first-order valence-electron chi connectivity index (χ1n) is 6.00. The van der Waals surface area contributed by atoms with Crippen LogP contribution in [0.1, 0.15) is 26.5 Å². The maximum absolute atomic E-state index is 12.2. The van der Waals surface area contributed by atoms with E-state index in [9.17, 15) is 8.42 Å². The van der Waals surface area contributed by atoms with Crippen molar-refractivity contribution in [1.82, 2.24) is 9.71 Å². The predicted molar refractivity (Wildman–Crippen MR) is 79.3 cm³/mol. The van der Waals surface area contributed by atoms with Crippen LogP contribution in [0.5, 0.6) is 0 Å². The monoisotopic (exact) mass is 301 g/mol. The van der Waals surface area contributed by atoms with Gasteiger partial charge in [-0.05, 0) is 24.0 Å². The molecule has 7 heteroatoms. The van der Waals surface area contributed by atoms with E-state index in [1.54, 1.807) is 6.07 Å². The quantitative estimate of drug-likeness (QED) is 0.773. The van der Waals surface area contributed by atoms with E-state index in [0.29, 0.717) is 12.5 Å². The molecule has 1 aromatic heterocycles. The highest BCUT2D eigenvalue weighted by Crippen LogP contribution is 2.14. The minimum Gasteiger partial charge on any atom is -0.388 e. The summed E-state index contributed by atoms with van der Waals surface area (Å²) in [6.07, 6.45) is 1.46. The molecule has 1 unspecified atom stereocenters. The van der Waals surface area contributed by atoms with Crippen LogP contribution < -0.4 is 10.5 Å². The molecule has 1 atom stereocenters. The third-order valence-corrected chi connectivity index (χ3v) is 4.68. The van der Waals surface area contributed by atoms with Gasteiger partial charge in [-0.15, -0.1) is 0 Å². The van der Waals surface area contributed by atoms with Gasteiger partial charge in [0, 0.05) is 12.7 Å². The summed E-state index contributed by atoms with van der Waals surface area (Å²) in [6, 6.07) is 2.99. The Hall–Kier alpha value is -1.05. The number of thiocarbonyl (C=S) groups is 1. The van der Waals surface area contributed by atoms with Crippen LogP contribution in [0.15, 0.2) is 23.2 Å². The number of rotatable bonds is 6. The first kappa shape index (κ1) is 16.0. The van der Waals surface area contributed by atoms with Gasteiger partial charge in [0.1, 0.15) is 15.6 Å². The van der Waals surface area contributed by atoms with Gasteiger partial charge in [-0.3, -0.25) is 4.98 Å².